The van der Waals surface area contributed by atoms with E-state index in [-0.39, 0.29) is 18.5 Å². The normalized spacial score (nSPS) is 10.8. The molecule has 2 heterocycles. The average molecular weight is 223 g/mol. The highest BCUT2D eigenvalue weighted by molar-refractivity contribution is 5.72. The minimum atomic E-state index is -0.986. The van der Waals surface area contributed by atoms with E-state index in [0.29, 0.717) is 11.0 Å². The van der Waals surface area contributed by atoms with Crippen LogP contribution >= 0.6 is 0 Å². The van der Waals surface area contributed by atoms with Gasteiger partial charge in [0, 0.05) is 7.05 Å². The Balaban J connectivity index is 2.45. The molecular weight excluding hydrogens is 214 g/mol. The lowest BCUT2D eigenvalue weighted by atomic mass is 10.4. The smallest absolute Gasteiger partial charge is 0.305 e. The van der Waals surface area contributed by atoms with Crippen LogP contribution in [0.15, 0.2) is 11.0 Å². The molecule has 0 aliphatic carbocycles. The summed E-state index contributed by atoms with van der Waals surface area (Å²) in [6, 6.07) is 0. The summed E-state index contributed by atoms with van der Waals surface area (Å²) in [5.74, 6) is -0.986. The average Bonchev–Trinajstić information content (AvgIpc) is 2.60. The van der Waals surface area contributed by atoms with E-state index >= 15 is 0 Å². The fraction of sp³-hybridized carbons (Fsp3) is 0.375. The van der Waals surface area contributed by atoms with E-state index in [1.807, 2.05) is 0 Å². The molecule has 2 aromatic rings. The van der Waals surface area contributed by atoms with Crippen LogP contribution in [0.25, 0.3) is 11.0 Å². The molecule has 0 aliphatic heterocycles. The number of carboxylic acids is 1. The topological polar surface area (TPSA) is 103 Å². The Morgan fingerprint density at radius 3 is 3.00 bits per heavy atom. The Kier molecular flexibility index (Phi) is 2.39. The molecule has 0 aromatic carbocycles. The van der Waals surface area contributed by atoms with Gasteiger partial charge in [-0.15, -0.1) is 5.10 Å². The summed E-state index contributed by atoms with van der Waals surface area (Å²) in [6.07, 6.45) is 1.23. The molecule has 84 valence electrons. The maximum Gasteiger partial charge on any atom is 0.305 e. The van der Waals surface area contributed by atoms with Crippen LogP contribution in [0.5, 0.6) is 0 Å². The molecule has 0 unspecified atom stereocenters. The zero-order valence-electron chi connectivity index (χ0n) is 8.49. The second kappa shape index (κ2) is 3.72. The van der Waals surface area contributed by atoms with E-state index in [1.165, 1.54) is 10.9 Å². The summed E-state index contributed by atoms with van der Waals surface area (Å²) in [4.78, 5) is 22.1. The third-order valence-corrected chi connectivity index (χ3v) is 2.16. The van der Waals surface area contributed by atoms with Crippen molar-refractivity contribution in [3.63, 3.8) is 0 Å². The Morgan fingerprint density at radius 2 is 2.31 bits per heavy atom. The second-order valence-corrected chi connectivity index (χ2v) is 3.27. The SMILES string of the molecule is Cn1ncc2c(=O)n(CCC(=O)O)nnc21. The highest BCUT2D eigenvalue weighted by Crippen LogP contribution is 2.01. The van der Waals surface area contributed by atoms with E-state index in [0.717, 1.165) is 4.68 Å². The number of aliphatic carboxylic acids is 1. The maximum atomic E-state index is 11.8. The standard InChI is InChI=1S/C8H9N5O3/c1-12-7-5(4-9-12)8(16)13(11-10-7)3-2-6(14)15/h4H,2-3H2,1H3,(H,14,15). The second-order valence-electron chi connectivity index (χ2n) is 3.27. The maximum absolute atomic E-state index is 11.8. The van der Waals surface area contributed by atoms with E-state index in [9.17, 15) is 9.59 Å². The third-order valence-electron chi connectivity index (χ3n) is 2.16. The van der Waals surface area contributed by atoms with Crippen LogP contribution in [0.4, 0.5) is 0 Å². The van der Waals surface area contributed by atoms with E-state index < -0.39 is 5.97 Å². The third kappa shape index (κ3) is 1.64. The van der Waals surface area contributed by atoms with Gasteiger partial charge >= 0.3 is 5.97 Å². The Morgan fingerprint density at radius 1 is 1.56 bits per heavy atom. The molecule has 2 aromatic heterocycles. The predicted molar refractivity (Wildman–Crippen MR) is 52.8 cm³/mol. The van der Waals surface area contributed by atoms with Crippen molar-refractivity contribution in [2.75, 3.05) is 0 Å². The van der Waals surface area contributed by atoms with Crippen LogP contribution in [-0.2, 0) is 18.4 Å². The first-order valence-electron chi connectivity index (χ1n) is 4.57. The predicted octanol–water partition coefficient (Wildman–Crippen LogP) is -1.00. The Bertz CT molecular complexity index is 599. The van der Waals surface area contributed by atoms with Crippen LogP contribution in [0.1, 0.15) is 6.42 Å². The van der Waals surface area contributed by atoms with Gasteiger partial charge in [-0.2, -0.15) is 5.10 Å². The highest BCUT2D eigenvalue weighted by Gasteiger charge is 2.09. The van der Waals surface area contributed by atoms with Gasteiger partial charge in [-0.05, 0) is 0 Å². The minimum Gasteiger partial charge on any atom is -0.481 e. The monoisotopic (exact) mass is 223 g/mol. The van der Waals surface area contributed by atoms with Crippen molar-refractivity contribution < 1.29 is 9.90 Å². The van der Waals surface area contributed by atoms with Gasteiger partial charge in [-0.25, -0.2) is 9.36 Å². The number of nitrogens with zero attached hydrogens (tertiary/aromatic N) is 5. The molecule has 0 radical (unpaired) electrons. The van der Waals surface area contributed by atoms with Crippen LogP contribution < -0.4 is 5.56 Å². The molecular formula is C8H9N5O3. The summed E-state index contributed by atoms with van der Waals surface area (Å²) in [5.41, 5.74) is 0.0101. The molecule has 0 aliphatic rings. The van der Waals surface area contributed by atoms with E-state index in [2.05, 4.69) is 15.4 Å². The first-order valence-corrected chi connectivity index (χ1v) is 4.57. The molecule has 2 rings (SSSR count). The molecule has 0 amide bonds. The van der Waals surface area contributed by atoms with Crippen molar-refractivity contribution in [3.05, 3.63) is 16.6 Å². The van der Waals surface area contributed by atoms with E-state index in [4.69, 9.17) is 5.11 Å². The summed E-state index contributed by atoms with van der Waals surface area (Å²) in [7, 11) is 1.65. The van der Waals surface area contributed by atoms with Crippen molar-refractivity contribution in [1.82, 2.24) is 24.8 Å². The van der Waals surface area contributed by atoms with Gasteiger partial charge < -0.3 is 5.11 Å². The lowest BCUT2D eigenvalue weighted by Crippen LogP contribution is -2.25. The number of hydrogen-bond donors (Lipinski definition) is 1. The molecule has 0 bridgehead atoms. The Hall–Kier alpha value is -2.25. The van der Waals surface area contributed by atoms with Gasteiger partial charge in [0.05, 0.1) is 19.2 Å². The first kappa shape index (κ1) is 10.3. The lowest BCUT2D eigenvalue weighted by Gasteiger charge is -2.00. The number of hydrogen-bond acceptors (Lipinski definition) is 5. The molecule has 8 heteroatoms. The first-order chi connectivity index (χ1) is 7.59. The number of aryl methyl sites for hydroxylation is 2. The van der Waals surface area contributed by atoms with Crippen LogP contribution in [0.2, 0.25) is 0 Å². The summed E-state index contributed by atoms with van der Waals surface area (Å²) in [5, 5.41) is 20.2. The zero-order valence-corrected chi connectivity index (χ0v) is 8.49. The summed E-state index contributed by atoms with van der Waals surface area (Å²) < 4.78 is 2.46. The van der Waals surface area contributed by atoms with Crippen molar-refractivity contribution in [3.8, 4) is 0 Å². The summed E-state index contributed by atoms with van der Waals surface area (Å²) >= 11 is 0. The molecule has 0 atom stereocenters. The van der Waals surface area contributed by atoms with E-state index in [1.54, 1.807) is 7.05 Å². The van der Waals surface area contributed by atoms with Crippen LogP contribution in [0, 0.1) is 0 Å². The number of rotatable bonds is 3. The number of fused-ring (bicyclic) bond motifs is 1. The molecule has 8 nitrogen and oxygen atoms in total. The molecule has 1 N–H and O–H groups in total. The fourth-order valence-corrected chi connectivity index (χ4v) is 1.32. The van der Waals surface area contributed by atoms with Gasteiger partial charge in [0.25, 0.3) is 5.56 Å². The largest absolute Gasteiger partial charge is 0.481 e. The Labute approximate surface area is 89.1 Å². The van der Waals surface area contributed by atoms with Gasteiger partial charge in [-0.1, -0.05) is 5.21 Å². The summed E-state index contributed by atoms with van der Waals surface area (Å²) in [6.45, 7) is 0.00595. The minimum absolute atomic E-state index is 0.00595. The van der Waals surface area contributed by atoms with Crippen LogP contribution in [0.3, 0.4) is 0 Å². The van der Waals surface area contributed by atoms with Gasteiger partial charge in [0.15, 0.2) is 5.65 Å². The van der Waals surface area contributed by atoms with Crippen molar-refractivity contribution >= 4 is 17.0 Å². The van der Waals surface area contributed by atoms with Crippen molar-refractivity contribution in [1.29, 1.82) is 0 Å². The molecule has 0 fully saturated rings. The molecule has 16 heavy (non-hydrogen) atoms. The molecule has 0 saturated heterocycles. The van der Waals surface area contributed by atoms with Gasteiger partial charge in [0.1, 0.15) is 5.39 Å². The number of carboxylic acid groups (broad SMARTS) is 1. The zero-order chi connectivity index (χ0) is 11.7. The van der Waals surface area contributed by atoms with Gasteiger partial charge in [0.2, 0.25) is 0 Å². The number of carbonyl (C=O) groups is 1. The van der Waals surface area contributed by atoms with Crippen LogP contribution in [-0.4, -0.2) is 35.9 Å². The lowest BCUT2D eigenvalue weighted by molar-refractivity contribution is -0.137. The van der Waals surface area contributed by atoms with Crippen molar-refractivity contribution in [2.24, 2.45) is 7.05 Å². The fourth-order valence-electron chi connectivity index (χ4n) is 1.32. The van der Waals surface area contributed by atoms with Gasteiger partial charge in [-0.3, -0.25) is 9.59 Å². The quantitative estimate of drug-likeness (QED) is 0.715. The number of aromatic nitrogens is 5. The highest BCUT2D eigenvalue weighted by atomic mass is 16.4. The molecule has 0 saturated carbocycles. The molecule has 0 spiro atoms. The van der Waals surface area contributed by atoms with Crippen molar-refractivity contribution in [2.45, 2.75) is 13.0 Å².